The first-order valence-electron chi connectivity index (χ1n) is 48.6. The van der Waals surface area contributed by atoms with Gasteiger partial charge in [0.2, 0.25) is 0 Å². The van der Waals surface area contributed by atoms with Crippen LogP contribution in [0.5, 0.6) is 0 Å². The van der Waals surface area contributed by atoms with Crippen molar-refractivity contribution >= 4 is 37.8 Å². The van der Waals surface area contributed by atoms with Crippen LogP contribution in [0.4, 0.5) is 0 Å². The maximum atomic E-state index is 5.48. The van der Waals surface area contributed by atoms with Crippen LogP contribution in [0, 0.1) is 32.5 Å². The molecule has 0 saturated carbocycles. The Morgan fingerprint density at radius 2 is 0.543 bits per heavy atom. The van der Waals surface area contributed by atoms with Gasteiger partial charge < -0.3 is 48.7 Å². The molecule has 0 bridgehead atoms. The molecule has 0 aliphatic heterocycles. The third-order valence-corrected chi connectivity index (χ3v) is 9.43. The lowest BCUT2D eigenvalue weighted by Crippen LogP contribution is -2.31. The van der Waals surface area contributed by atoms with Gasteiger partial charge in [-0.25, -0.2) is 0 Å². The maximum absolute atomic E-state index is 5.48. The van der Waals surface area contributed by atoms with E-state index in [1.807, 2.05) is 335 Å². The second-order valence-electron chi connectivity index (χ2n) is 46.8. The predicted molar refractivity (Wildman–Crippen MR) is 587 cm³/mol. The van der Waals surface area contributed by atoms with E-state index < -0.39 is 0 Å². The molecule has 0 amide bonds. The highest BCUT2D eigenvalue weighted by Crippen LogP contribution is 2.21. The first-order valence-corrected chi connectivity index (χ1v) is 48.6. The van der Waals surface area contributed by atoms with Crippen molar-refractivity contribution in [3.8, 4) is 0 Å². The van der Waals surface area contributed by atoms with E-state index >= 15 is 0 Å². The summed E-state index contributed by atoms with van der Waals surface area (Å²) in [6.07, 6.45) is 24.3. The van der Waals surface area contributed by atoms with Crippen molar-refractivity contribution in [3.63, 3.8) is 0 Å². The van der Waals surface area contributed by atoms with Crippen molar-refractivity contribution in [2.24, 2.45) is 62.8 Å². The minimum absolute atomic E-state index is 0.0151. The molecule has 0 atom stereocenters. The molecule has 3 N–H and O–H groups in total. The Bertz CT molecular complexity index is 1950. The molecule has 780 valence electrons. The van der Waals surface area contributed by atoms with Gasteiger partial charge >= 0.3 is 0 Å². The highest BCUT2D eigenvalue weighted by atomic mass is 16.7. The van der Waals surface area contributed by atoms with Gasteiger partial charge in [0, 0.05) is 61.4 Å². The van der Waals surface area contributed by atoms with Gasteiger partial charge in [0.25, 0.3) is 0 Å². The molecule has 0 radical (unpaired) electrons. The Hall–Kier alpha value is -4.84. The summed E-state index contributed by atoms with van der Waals surface area (Å²) in [7, 11) is 0. The Morgan fingerprint density at radius 1 is 0.276 bits per heavy atom. The molecule has 0 aliphatic rings. The average molecular weight is 1830 g/mol. The number of allylic oxidation sites excluding steroid dienone is 1. The lowest BCUT2D eigenvalue weighted by atomic mass is 9.93. The first kappa shape index (κ1) is 165. The van der Waals surface area contributed by atoms with Gasteiger partial charge in [-0.3, -0.25) is 30.3 Å². The number of aliphatic imine (C=N–C) groups is 4. The number of oxime groups is 2. The van der Waals surface area contributed by atoms with Gasteiger partial charge in [-0.05, 0) is 295 Å². The lowest BCUT2D eigenvalue weighted by Gasteiger charge is -2.20. The Balaban J connectivity index is -0.0000000641. The monoisotopic (exact) mass is 1820 g/mol. The molecule has 127 heavy (non-hydrogen) atoms. The summed E-state index contributed by atoms with van der Waals surface area (Å²) in [5.41, 5.74) is 3.51. The van der Waals surface area contributed by atoms with Gasteiger partial charge in [-0.2, -0.15) is 0 Å². The third-order valence-electron chi connectivity index (χ3n) is 9.43. The first-order chi connectivity index (χ1) is 56.3. The Morgan fingerprint density at radius 3 is 0.732 bits per heavy atom. The maximum Gasteiger partial charge on any atom is 0.170 e. The van der Waals surface area contributed by atoms with Gasteiger partial charge in [0.15, 0.2) is 19.2 Å². The average Bonchev–Trinajstić information content (AvgIpc) is 0.990. The van der Waals surface area contributed by atoms with Crippen molar-refractivity contribution in [1.29, 1.82) is 0 Å². The highest BCUT2D eigenvalue weighted by Gasteiger charge is 2.18. The van der Waals surface area contributed by atoms with Gasteiger partial charge in [0.1, 0.15) is 22.4 Å². The molecule has 18 nitrogen and oxygen atoms in total. The van der Waals surface area contributed by atoms with Crippen molar-refractivity contribution in [3.05, 3.63) is 37.2 Å². The second kappa shape index (κ2) is 89.0. The summed E-state index contributed by atoms with van der Waals surface area (Å²) in [6, 6.07) is 0. The van der Waals surface area contributed by atoms with Gasteiger partial charge in [-0.1, -0.05) is 272 Å². The molecular formula is C109H245N9O9. The van der Waals surface area contributed by atoms with Crippen molar-refractivity contribution < 1.29 is 42.9 Å². The summed E-state index contributed by atoms with van der Waals surface area (Å²) < 4.78 is 32.2. The molecule has 0 aromatic heterocycles. The molecule has 0 aromatic rings. The van der Waals surface area contributed by atoms with E-state index in [0.717, 1.165) is 25.9 Å². The highest BCUT2D eigenvalue weighted by molar-refractivity contribution is 5.59. The van der Waals surface area contributed by atoms with Crippen molar-refractivity contribution in [1.82, 2.24) is 16.1 Å². The minimum Gasteiger partial charge on any atom is -0.494 e. The fourth-order valence-corrected chi connectivity index (χ4v) is 4.65. The standard InChI is InChI=1S/9C10H21NO.C3H8.8C2H6/c1-9(2,3)7-12-8-11-10(4,5)6;2*1-9(2,3)7-11-8-12-10(4,5)6;3*1-9(2,3)11-7-8-12-10(4,5)6;3*1-9(2,3)7-8-11-12-10(4,5)6;1-3-2;8*1-2/h3*8H,7H2,1-6H3;7H,8H2,1-6H3;2*7-8,11H,1-6H3;2*8H,7H2,1-6H3;7-8,11H,1-6H3;3H2,1-2H3;8*1-2H3/b;;;;2*8-7-;2*11-8-;8-7-;;;;;;;;;. The molecule has 0 unspecified atom stereocenters. The van der Waals surface area contributed by atoms with Crippen LogP contribution in [-0.2, 0) is 42.9 Å². The van der Waals surface area contributed by atoms with Crippen LogP contribution in [0.3, 0.4) is 0 Å². The molecule has 0 aromatic carbocycles. The number of hydrogen-bond donors (Lipinski definition) is 3. The van der Waals surface area contributed by atoms with Crippen molar-refractivity contribution in [2.75, 3.05) is 26.3 Å². The summed E-state index contributed by atoms with van der Waals surface area (Å²) >= 11 is 0. The fraction of sp³-hybridized carbons (Fsp3) is 0.890. The van der Waals surface area contributed by atoms with Gasteiger partial charge in [-0.15, -0.1) is 0 Å². The smallest absolute Gasteiger partial charge is 0.170 e. The molecule has 0 aliphatic carbocycles. The number of hydroxylamine groups is 1. The van der Waals surface area contributed by atoms with Crippen LogP contribution in [0.15, 0.2) is 67.5 Å². The van der Waals surface area contributed by atoms with Crippen LogP contribution in [0.2, 0.25) is 0 Å². The molecule has 0 heterocycles. The molecule has 18 heteroatoms. The normalized spacial score (nSPS) is 12.3. The number of nitrogens with zero attached hydrogens (tertiary/aromatic N) is 6. The molecule has 0 rings (SSSR count). The van der Waals surface area contributed by atoms with Crippen LogP contribution < -0.4 is 16.1 Å². The van der Waals surface area contributed by atoms with Crippen LogP contribution in [0.25, 0.3) is 0 Å². The van der Waals surface area contributed by atoms with E-state index in [9.17, 15) is 0 Å². The Labute approximate surface area is 803 Å². The van der Waals surface area contributed by atoms with Crippen LogP contribution in [0.1, 0.15) is 518 Å². The van der Waals surface area contributed by atoms with E-state index in [1.165, 1.54) is 6.42 Å². The van der Waals surface area contributed by atoms with E-state index in [0.29, 0.717) is 24.0 Å². The quantitative estimate of drug-likeness (QED) is 0.0510. The van der Waals surface area contributed by atoms with E-state index in [-0.39, 0.29) is 88.6 Å². The molecule has 0 fully saturated rings. The number of rotatable bonds is 18. The number of hydrogen-bond acceptors (Lipinski definition) is 18. The Kier molecular flexibility index (Phi) is 116. The summed E-state index contributed by atoms with van der Waals surface area (Å²) in [5, 5.41) is 14.2. The van der Waals surface area contributed by atoms with E-state index in [4.69, 9.17) is 42.9 Å². The molecule has 0 saturated heterocycles. The zero-order valence-electron chi connectivity index (χ0n) is 101. The number of ether oxygens (including phenoxy) is 6. The summed E-state index contributed by atoms with van der Waals surface area (Å²) in [6.45, 7) is 151. The summed E-state index contributed by atoms with van der Waals surface area (Å²) in [5.74, 6) is 0. The van der Waals surface area contributed by atoms with E-state index in [2.05, 4.69) is 253 Å². The third kappa shape index (κ3) is 297. The zero-order valence-corrected chi connectivity index (χ0v) is 101. The fourth-order valence-electron chi connectivity index (χ4n) is 4.65. The molecular weight excluding hydrogens is 1580 g/mol. The van der Waals surface area contributed by atoms with E-state index in [1.54, 1.807) is 31.7 Å². The largest absolute Gasteiger partial charge is 0.494 e. The van der Waals surface area contributed by atoms with Crippen molar-refractivity contribution in [2.45, 2.75) is 585 Å². The van der Waals surface area contributed by atoms with Crippen LogP contribution >= 0.6 is 0 Å². The SMILES string of the molecule is CC.CC.CC.CC.CC.CC.CC.CC.CC(C)(C)/C=C\NOC(C)(C)C.CC(C)(C)C/C=N\OC(C)(C)C.CC(C)(C)C/C=N\OC(C)(C)C.CC(C)(C)CN=COC(C)(C)C.CC(C)(C)CN=COC(C)(C)C.CC(C)(C)COC=NC(C)(C)C.CC(C)(C)N/C=C\OC(C)(C)C.CC(C)(C)N/C=C\OC(C)(C)C.CC(C)(C)N=CCOC(C)(C)C.CCC. The lowest BCUT2D eigenvalue weighted by molar-refractivity contribution is -0.0524. The van der Waals surface area contributed by atoms with Crippen LogP contribution in [-0.4, -0.2) is 131 Å². The zero-order chi connectivity index (χ0) is 107. The second-order valence-corrected chi connectivity index (χ2v) is 46.8. The molecule has 0 spiro atoms. The minimum atomic E-state index is -0.172. The van der Waals surface area contributed by atoms with Gasteiger partial charge in [0.05, 0.1) is 59.2 Å². The summed E-state index contributed by atoms with van der Waals surface area (Å²) in [4.78, 5) is 32.6. The topological polar surface area (TPSA) is 193 Å². The number of nitrogens with one attached hydrogen (secondary N) is 3. The predicted octanol–water partition coefficient (Wildman–Crippen LogP) is 35.6.